The van der Waals surface area contributed by atoms with E-state index < -0.39 is 0 Å². The minimum atomic E-state index is 0.0797. The maximum absolute atomic E-state index is 11.7. The number of nitrogens with one attached hydrogen (secondary N) is 2. The van der Waals surface area contributed by atoms with Crippen molar-refractivity contribution < 1.29 is 9.53 Å². The van der Waals surface area contributed by atoms with Crippen molar-refractivity contribution in [2.24, 2.45) is 0 Å². The summed E-state index contributed by atoms with van der Waals surface area (Å²) in [6.07, 6.45) is 1.85. The van der Waals surface area contributed by atoms with Gasteiger partial charge in [-0.1, -0.05) is 0 Å². The number of hydrogen-bond donors (Lipinski definition) is 2. The van der Waals surface area contributed by atoms with Gasteiger partial charge in [0.15, 0.2) is 0 Å². The summed E-state index contributed by atoms with van der Waals surface area (Å²) in [5.41, 5.74) is 1.29. The fourth-order valence-electron chi connectivity index (χ4n) is 2.00. The van der Waals surface area contributed by atoms with Crippen molar-refractivity contribution in [1.29, 1.82) is 0 Å². The van der Waals surface area contributed by atoms with Gasteiger partial charge in [0.05, 0.1) is 6.54 Å². The second-order valence-electron chi connectivity index (χ2n) is 4.58. The van der Waals surface area contributed by atoms with Crippen LogP contribution in [-0.4, -0.2) is 31.7 Å². The summed E-state index contributed by atoms with van der Waals surface area (Å²) in [5.74, 6) is 0.0797. The van der Waals surface area contributed by atoms with Gasteiger partial charge in [-0.15, -0.1) is 11.3 Å². The Morgan fingerprint density at radius 3 is 2.94 bits per heavy atom. The van der Waals surface area contributed by atoms with Gasteiger partial charge in [-0.2, -0.15) is 0 Å². The van der Waals surface area contributed by atoms with Gasteiger partial charge in [0.25, 0.3) is 0 Å². The van der Waals surface area contributed by atoms with Crippen molar-refractivity contribution in [3.8, 4) is 0 Å². The fraction of sp³-hybridized carbons (Fsp3) is 0.615. The zero-order chi connectivity index (χ0) is 12.8. The largest absolute Gasteiger partial charge is 0.381 e. The molecule has 1 aromatic heterocycles. The molecule has 18 heavy (non-hydrogen) atoms. The zero-order valence-corrected chi connectivity index (χ0v) is 11.5. The lowest BCUT2D eigenvalue weighted by Gasteiger charge is -2.23. The van der Waals surface area contributed by atoms with Crippen molar-refractivity contribution in [1.82, 2.24) is 10.6 Å². The molecule has 1 aliphatic heterocycles. The first-order valence-electron chi connectivity index (χ1n) is 6.36. The summed E-state index contributed by atoms with van der Waals surface area (Å²) in [7, 11) is 0. The van der Waals surface area contributed by atoms with Crippen LogP contribution in [0.3, 0.4) is 0 Å². The molecule has 2 rings (SSSR count). The number of carbonyl (C=O) groups excluding carboxylic acids is 1. The molecule has 1 fully saturated rings. The van der Waals surface area contributed by atoms with E-state index in [1.165, 1.54) is 10.4 Å². The van der Waals surface area contributed by atoms with Crippen LogP contribution < -0.4 is 10.6 Å². The van der Waals surface area contributed by atoms with E-state index in [1.54, 1.807) is 11.3 Å². The van der Waals surface area contributed by atoms with E-state index in [0.29, 0.717) is 6.54 Å². The van der Waals surface area contributed by atoms with Gasteiger partial charge in [-0.3, -0.25) is 4.79 Å². The Bertz CT molecular complexity index is 386. The smallest absolute Gasteiger partial charge is 0.234 e. The van der Waals surface area contributed by atoms with Crippen molar-refractivity contribution in [3.05, 3.63) is 21.9 Å². The van der Waals surface area contributed by atoms with Crippen LogP contribution in [0.5, 0.6) is 0 Å². The Balaban J connectivity index is 1.64. The number of amides is 1. The summed E-state index contributed by atoms with van der Waals surface area (Å²) in [6.45, 7) is 4.76. The monoisotopic (exact) mass is 268 g/mol. The molecular weight excluding hydrogens is 248 g/mol. The Kier molecular flexibility index (Phi) is 5.16. The Morgan fingerprint density at radius 2 is 2.28 bits per heavy atom. The second kappa shape index (κ2) is 6.87. The summed E-state index contributed by atoms with van der Waals surface area (Å²) < 4.78 is 5.26. The van der Waals surface area contributed by atoms with Gasteiger partial charge in [-0.25, -0.2) is 0 Å². The van der Waals surface area contributed by atoms with E-state index in [0.717, 1.165) is 32.6 Å². The fourth-order valence-corrected chi connectivity index (χ4v) is 2.87. The SMILES string of the molecule is Cc1ccsc1CNCC(=O)NC1CCOCC1. The molecule has 2 N–H and O–H groups in total. The molecule has 0 atom stereocenters. The molecule has 0 saturated carbocycles. The molecular formula is C13H20N2O2S. The highest BCUT2D eigenvalue weighted by atomic mass is 32.1. The van der Waals surface area contributed by atoms with E-state index in [9.17, 15) is 4.79 Å². The third kappa shape index (κ3) is 4.08. The first kappa shape index (κ1) is 13.5. The number of ether oxygens (including phenoxy) is 1. The maximum Gasteiger partial charge on any atom is 0.234 e. The van der Waals surface area contributed by atoms with Crippen LogP contribution in [0.2, 0.25) is 0 Å². The van der Waals surface area contributed by atoms with E-state index in [1.807, 2.05) is 0 Å². The molecule has 0 spiro atoms. The lowest BCUT2D eigenvalue weighted by molar-refractivity contribution is -0.121. The predicted molar refractivity (Wildman–Crippen MR) is 72.7 cm³/mol. The highest BCUT2D eigenvalue weighted by molar-refractivity contribution is 7.10. The minimum Gasteiger partial charge on any atom is -0.381 e. The van der Waals surface area contributed by atoms with Crippen molar-refractivity contribution >= 4 is 17.2 Å². The molecule has 0 aromatic carbocycles. The average Bonchev–Trinajstić information content (AvgIpc) is 2.76. The molecule has 4 nitrogen and oxygen atoms in total. The second-order valence-corrected chi connectivity index (χ2v) is 5.59. The van der Waals surface area contributed by atoms with E-state index in [-0.39, 0.29) is 11.9 Å². The van der Waals surface area contributed by atoms with Crippen molar-refractivity contribution in [2.45, 2.75) is 32.4 Å². The minimum absolute atomic E-state index is 0.0797. The van der Waals surface area contributed by atoms with Crippen LogP contribution in [-0.2, 0) is 16.1 Å². The normalized spacial score (nSPS) is 16.7. The van der Waals surface area contributed by atoms with Gasteiger partial charge in [0, 0.05) is 30.7 Å². The zero-order valence-electron chi connectivity index (χ0n) is 10.7. The van der Waals surface area contributed by atoms with Crippen LogP contribution >= 0.6 is 11.3 Å². The molecule has 0 radical (unpaired) electrons. The van der Waals surface area contributed by atoms with Gasteiger partial charge < -0.3 is 15.4 Å². The number of carbonyl (C=O) groups is 1. The van der Waals surface area contributed by atoms with E-state index >= 15 is 0 Å². The molecule has 1 saturated heterocycles. The number of hydrogen-bond acceptors (Lipinski definition) is 4. The summed E-state index contributed by atoms with van der Waals surface area (Å²) in [6, 6.07) is 2.39. The van der Waals surface area contributed by atoms with Crippen LogP contribution in [0.1, 0.15) is 23.3 Å². The van der Waals surface area contributed by atoms with Gasteiger partial charge >= 0.3 is 0 Å². The molecule has 100 valence electrons. The van der Waals surface area contributed by atoms with Crippen LogP contribution in [0.4, 0.5) is 0 Å². The molecule has 0 unspecified atom stereocenters. The van der Waals surface area contributed by atoms with Gasteiger partial charge in [0.1, 0.15) is 0 Å². The molecule has 2 heterocycles. The first-order chi connectivity index (χ1) is 8.75. The Labute approximate surface area is 112 Å². The molecule has 1 amide bonds. The molecule has 1 aliphatic rings. The Morgan fingerprint density at radius 1 is 1.50 bits per heavy atom. The Hall–Kier alpha value is -0.910. The quantitative estimate of drug-likeness (QED) is 0.849. The highest BCUT2D eigenvalue weighted by Gasteiger charge is 2.15. The maximum atomic E-state index is 11.7. The summed E-state index contributed by atoms with van der Waals surface area (Å²) >= 11 is 1.73. The van der Waals surface area contributed by atoms with E-state index in [4.69, 9.17) is 4.74 Å². The predicted octanol–water partition coefficient (Wildman–Crippen LogP) is 1.44. The van der Waals surface area contributed by atoms with E-state index in [2.05, 4.69) is 29.0 Å². The topological polar surface area (TPSA) is 50.4 Å². The standard InChI is InChI=1S/C13H20N2O2S/c1-10-4-7-18-12(10)8-14-9-13(16)15-11-2-5-17-6-3-11/h4,7,11,14H,2-3,5-6,8-9H2,1H3,(H,15,16). The summed E-state index contributed by atoms with van der Waals surface area (Å²) in [4.78, 5) is 13.0. The third-order valence-electron chi connectivity index (χ3n) is 3.13. The molecule has 0 aliphatic carbocycles. The summed E-state index contributed by atoms with van der Waals surface area (Å²) in [5, 5.41) is 8.30. The van der Waals surface area contributed by atoms with Crippen molar-refractivity contribution in [3.63, 3.8) is 0 Å². The number of aryl methyl sites for hydroxylation is 1. The lowest BCUT2D eigenvalue weighted by Crippen LogP contribution is -2.42. The van der Waals surface area contributed by atoms with Gasteiger partial charge in [0.2, 0.25) is 5.91 Å². The number of thiophene rings is 1. The highest BCUT2D eigenvalue weighted by Crippen LogP contribution is 2.14. The third-order valence-corrected chi connectivity index (χ3v) is 4.15. The first-order valence-corrected chi connectivity index (χ1v) is 7.24. The molecule has 1 aromatic rings. The molecule has 5 heteroatoms. The van der Waals surface area contributed by atoms with Crippen LogP contribution in [0.15, 0.2) is 11.4 Å². The van der Waals surface area contributed by atoms with Crippen LogP contribution in [0.25, 0.3) is 0 Å². The van der Waals surface area contributed by atoms with Gasteiger partial charge in [-0.05, 0) is 36.8 Å². The average molecular weight is 268 g/mol. The van der Waals surface area contributed by atoms with Crippen LogP contribution in [0, 0.1) is 6.92 Å². The van der Waals surface area contributed by atoms with Crippen molar-refractivity contribution in [2.75, 3.05) is 19.8 Å². The number of rotatable bonds is 5. The lowest BCUT2D eigenvalue weighted by atomic mass is 10.1. The molecule has 0 bridgehead atoms.